The van der Waals surface area contributed by atoms with E-state index in [9.17, 15) is 14.7 Å². The maximum atomic E-state index is 13.4. The van der Waals surface area contributed by atoms with Gasteiger partial charge in [-0.2, -0.15) is 4.98 Å². The molecule has 3 aromatic rings. The Labute approximate surface area is 216 Å². The number of fused-ring (bicyclic) bond motifs is 1. The van der Waals surface area contributed by atoms with Crippen molar-refractivity contribution in [3.63, 3.8) is 0 Å². The van der Waals surface area contributed by atoms with Gasteiger partial charge in [0.05, 0.1) is 48.0 Å². The van der Waals surface area contributed by atoms with E-state index in [2.05, 4.69) is 27.2 Å². The van der Waals surface area contributed by atoms with Gasteiger partial charge in [0.15, 0.2) is 0 Å². The van der Waals surface area contributed by atoms with Crippen LogP contribution in [0.3, 0.4) is 0 Å². The third kappa shape index (κ3) is 4.71. The van der Waals surface area contributed by atoms with Crippen LogP contribution in [0.1, 0.15) is 12.8 Å². The second-order valence-corrected chi connectivity index (χ2v) is 9.13. The highest BCUT2D eigenvalue weighted by Gasteiger charge is 2.34. The number of pyridine rings is 1. The molecule has 3 atom stereocenters. The van der Waals surface area contributed by atoms with Gasteiger partial charge in [-0.25, -0.2) is 4.98 Å². The molecular formula is C24H25Cl2N5O5. The molecule has 1 fully saturated rings. The fraction of sp³-hybridized carbons (Fsp3) is 0.333. The summed E-state index contributed by atoms with van der Waals surface area (Å²) in [7, 11) is 4.49. The van der Waals surface area contributed by atoms with Crippen molar-refractivity contribution >= 4 is 46.1 Å². The van der Waals surface area contributed by atoms with Crippen LogP contribution in [0.5, 0.6) is 11.5 Å². The summed E-state index contributed by atoms with van der Waals surface area (Å²) in [6.07, 6.45) is 2.95. The Morgan fingerprint density at radius 3 is 2.44 bits per heavy atom. The minimum absolute atomic E-state index is 0.173. The molecule has 190 valence electrons. The number of methoxy groups -OCH3 is 2. The number of benzene rings is 1. The number of aliphatic hydroxyl groups is 1. The van der Waals surface area contributed by atoms with Gasteiger partial charge in [0, 0.05) is 30.3 Å². The molecule has 1 saturated carbocycles. The zero-order chi connectivity index (χ0) is 26.1. The van der Waals surface area contributed by atoms with Crippen molar-refractivity contribution in [3.8, 4) is 22.6 Å². The molecule has 1 aromatic carbocycles. The smallest absolute Gasteiger partial charge is 0.259 e. The SMILES string of the molecule is C=CC(=O)NC1CC(O)CC1Nc1ncc2cc(-c3c(Cl)c(OC)cc(OC)c3Cl)c(=O)n(C)c2n1. The number of halogens is 2. The van der Waals surface area contributed by atoms with Crippen LogP contribution in [-0.2, 0) is 11.8 Å². The molecule has 12 heteroatoms. The molecule has 36 heavy (non-hydrogen) atoms. The third-order valence-corrected chi connectivity index (χ3v) is 6.91. The van der Waals surface area contributed by atoms with Crippen LogP contribution in [0.25, 0.3) is 22.2 Å². The van der Waals surface area contributed by atoms with E-state index in [4.69, 9.17) is 32.7 Å². The lowest BCUT2D eigenvalue weighted by Gasteiger charge is -2.21. The van der Waals surface area contributed by atoms with E-state index in [1.165, 1.54) is 24.9 Å². The number of aliphatic hydroxyl groups excluding tert-OH is 1. The fourth-order valence-corrected chi connectivity index (χ4v) is 5.06. The number of hydrogen-bond acceptors (Lipinski definition) is 8. The number of carbonyl (C=O) groups excluding carboxylic acids is 1. The average molecular weight is 534 g/mol. The number of anilines is 1. The minimum Gasteiger partial charge on any atom is -0.495 e. The van der Waals surface area contributed by atoms with Crippen LogP contribution in [0, 0.1) is 0 Å². The first-order chi connectivity index (χ1) is 17.2. The summed E-state index contributed by atoms with van der Waals surface area (Å²) in [6, 6.07) is 2.52. The Hall–Kier alpha value is -3.34. The summed E-state index contributed by atoms with van der Waals surface area (Å²) >= 11 is 13.1. The third-order valence-electron chi connectivity index (χ3n) is 6.16. The molecular weight excluding hydrogens is 509 g/mol. The molecule has 4 rings (SSSR count). The molecule has 3 N–H and O–H groups in total. The van der Waals surface area contributed by atoms with Gasteiger partial charge in [0.1, 0.15) is 17.1 Å². The number of aromatic nitrogens is 3. The van der Waals surface area contributed by atoms with Gasteiger partial charge >= 0.3 is 0 Å². The molecule has 0 spiro atoms. The Kier molecular flexibility index (Phi) is 7.39. The molecule has 0 saturated heterocycles. The highest BCUT2D eigenvalue weighted by atomic mass is 35.5. The van der Waals surface area contributed by atoms with Gasteiger partial charge in [-0.15, -0.1) is 0 Å². The number of ether oxygens (including phenoxy) is 2. The number of rotatable bonds is 7. The van der Waals surface area contributed by atoms with Crippen molar-refractivity contribution in [2.24, 2.45) is 7.05 Å². The normalized spacial score (nSPS) is 19.2. The van der Waals surface area contributed by atoms with E-state index in [1.807, 2.05) is 0 Å². The first-order valence-corrected chi connectivity index (χ1v) is 11.8. The number of amides is 1. The second-order valence-electron chi connectivity index (χ2n) is 8.37. The van der Waals surface area contributed by atoms with E-state index in [0.717, 1.165) is 0 Å². The maximum Gasteiger partial charge on any atom is 0.259 e. The molecule has 10 nitrogen and oxygen atoms in total. The quantitative estimate of drug-likeness (QED) is 0.395. The van der Waals surface area contributed by atoms with Gasteiger partial charge < -0.3 is 25.2 Å². The molecule has 3 unspecified atom stereocenters. The van der Waals surface area contributed by atoms with Gasteiger partial charge in [0.2, 0.25) is 11.9 Å². The van der Waals surface area contributed by atoms with Crippen molar-refractivity contribution in [3.05, 3.63) is 51.4 Å². The number of carbonyl (C=O) groups is 1. The largest absolute Gasteiger partial charge is 0.495 e. The number of nitrogens with one attached hydrogen (secondary N) is 2. The molecule has 0 radical (unpaired) electrons. The first kappa shape index (κ1) is 25.7. The number of aryl methyl sites for hydroxylation is 1. The Balaban J connectivity index is 1.75. The van der Waals surface area contributed by atoms with Crippen molar-refractivity contribution in [1.29, 1.82) is 0 Å². The standard InChI is InChI=1S/C24H25Cl2N5O5/c1-5-18(33)28-14-7-12(32)8-15(14)29-24-27-10-11-6-13(23(34)31(2)22(11)30-24)19-20(25)16(35-3)9-17(36-4)21(19)26/h5-6,9-10,12,14-15,32H,1,7-8H2,2-4H3,(H,28,33)(H,27,29,30). The van der Waals surface area contributed by atoms with E-state index < -0.39 is 11.7 Å². The summed E-state index contributed by atoms with van der Waals surface area (Å²) in [4.78, 5) is 34.0. The Bertz CT molecular complexity index is 1380. The first-order valence-electron chi connectivity index (χ1n) is 11.0. The Morgan fingerprint density at radius 1 is 1.19 bits per heavy atom. The van der Waals surface area contributed by atoms with E-state index in [-0.39, 0.29) is 45.1 Å². The topological polar surface area (TPSA) is 128 Å². The summed E-state index contributed by atoms with van der Waals surface area (Å²) in [5.74, 6) is 0.536. The van der Waals surface area contributed by atoms with Crippen LogP contribution in [0.4, 0.5) is 5.95 Å². The van der Waals surface area contributed by atoms with Crippen LogP contribution in [0.15, 0.2) is 35.8 Å². The van der Waals surface area contributed by atoms with Gasteiger partial charge in [0.25, 0.3) is 5.56 Å². The monoisotopic (exact) mass is 533 g/mol. The van der Waals surface area contributed by atoms with Crippen LogP contribution >= 0.6 is 23.2 Å². The van der Waals surface area contributed by atoms with Crippen LogP contribution in [0.2, 0.25) is 10.0 Å². The summed E-state index contributed by atoms with van der Waals surface area (Å²) in [6.45, 7) is 3.46. The lowest BCUT2D eigenvalue weighted by molar-refractivity contribution is -0.117. The molecule has 0 aliphatic heterocycles. The van der Waals surface area contributed by atoms with Gasteiger partial charge in [-0.1, -0.05) is 29.8 Å². The molecule has 1 aliphatic carbocycles. The molecule has 1 amide bonds. The molecule has 1 aliphatic rings. The fourth-order valence-electron chi connectivity index (χ4n) is 4.35. The Morgan fingerprint density at radius 2 is 1.83 bits per heavy atom. The minimum atomic E-state index is -0.584. The molecule has 2 aromatic heterocycles. The highest BCUT2D eigenvalue weighted by Crippen LogP contribution is 2.45. The van der Waals surface area contributed by atoms with Crippen molar-refractivity contribution < 1.29 is 19.4 Å². The van der Waals surface area contributed by atoms with Crippen LogP contribution < -0.4 is 25.7 Å². The highest BCUT2D eigenvalue weighted by molar-refractivity contribution is 6.41. The van der Waals surface area contributed by atoms with Crippen molar-refractivity contribution in [1.82, 2.24) is 19.9 Å². The summed E-state index contributed by atoms with van der Waals surface area (Å²) in [5.41, 5.74) is 0.486. The summed E-state index contributed by atoms with van der Waals surface area (Å²) < 4.78 is 12.0. The zero-order valence-electron chi connectivity index (χ0n) is 19.8. The average Bonchev–Trinajstić information content (AvgIpc) is 3.20. The predicted octanol–water partition coefficient (Wildman–Crippen LogP) is 2.93. The maximum absolute atomic E-state index is 13.4. The zero-order valence-corrected chi connectivity index (χ0v) is 21.4. The lowest BCUT2D eigenvalue weighted by Crippen LogP contribution is -2.43. The molecule has 2 heterocycles. The second kappa shape index (κ2) is 10.3. The van der Waals surface area contributed by atoms with Crippen molar-refractivity contribution in [2.75, 3.05) is 19.5 Å². The molecule has 0 bridgehead atoms. The predicted molar refractivity (Wildman–Crippen MR) is 138 cm³/mol. The van der Waals surface area contributed by atoms with E-state index in [1.54, 1.807) is 25.4 Å². The van der Waals surface area contributed by atoms with E-state index in [0.29, 0.717) is 35.4 Å². The van der Waals surface area contributed by atoms with Gasteiger partial charge in [-0.05, 0) is 25.0 Å². The lowest BCUT2D eigenvalue weighted by atomic mass is 10.0. The summed E-state index contributed by atoms with van der Waals surface area (Å²) in [5, 5.41) is 17.0. The number of hydrogen-bond donors (Lipinski definition) is 3. The van der Waals surface area contributed by atoms with Gasteiger partial charge in [-0.3, -0.25) is 14.2 Å². The van der Waals surface area contributed by atoms with Crippen molar-refractivity contribution in [2.45, 2.75) is 31.0 Å². The van der Waals surface area contributed by atoms with E-state index >= 15 is 0 Å². The van der Waals surface area contributed by atoms with Crippen LogP contribution in [-0.4, -0.2) is 58.0 Å². The number of nitrogens with zero attached hydrogens (tertiary/aromatic N) is 3.